The zero-order valence-electron chi connectivity index (χ0n) is 11.6. The Morgan fingerprint density at radius 3 is 2.95 bits per heavy atom. The lowest BCUT2D eigenvalue weighted by Gasteiger charge is -2.10. The molecule has 0 aliphatic rings. The second-order valence-electron chi connectivity index (χ2n) is 3.95. The molecule has 1 aromatic heterocycles. The van der Waals surface area contributed by atoms with E-state index in [0.717, 1.165) is 19.5 Å². The van der Waals surface area contributed by atoms with E-state index in [1.165, 1.54) is 11.8 Å². The highest BCUT2D eigenvalue weighted by atomic mass is 32.2. The fraction of sp³-hybridized carbons (Fsp3) is 0.818. The monoisotopic (exact) mass is 287 g/mol. The lowest BCUT2D eigenvalue weighted by atomic mass is 10.5. The Labute approximate surface area is 117 Å². The van der Waals surface area contributed by atoms with Crippen molar-refractivity contribution in [1.82, 2.24) is 25.5 Å². The van der Waals surface area contributed by atoms with Gasteiger partial charge in [-0.1, -0.05) is 18.7 Å². The molecule has 1 aromatic rings. The normalized spacial score (nSPS) is 12.4. The van der Waals surface area contributed by atoms with Gasteiger partial charge in [-0.2, -0.15) is 0 Å². The minimum atomic E-state index is -0.312. The van der Waals surface area contributed by atoms with Crippen molar-refractivity contribution in [3.05, 3.63) is 0 Å². The van der Waals surface area contributed by atoms with Crippen LogP contribution in [0.1, 0.15) is 27.2 Å². The van der Waals surface area contributed by atoms with Gasteiger partial charge in [-0.05, 0) is 37.2 Å². The first kappa shape index (κ1) is 15.9. The predicted molar refractivity (Wildman–Crippen MR) is 72.9 cm³/mol. The van der Waals surface area contributed by atoms with E-state index in [0.29, 0.717) is 18.3 Å². The number of carbonyl (C=O) groups is 1. The third-order valence-corrected chi connectivity index (χ3v) is 3.38. The van der Waals surface area contributed by atoms with Gasteiger partial charge in [0, 0.05) is 6.54 Å². The molecule has 0 aliphatic heterocycles. The van der Waals surface area contributed by atoms with Crippen molar-refractivity contribution in [3.63, 3.8) is 0 Å². The van der Waals surface area contributed by atoms with E-state index < -0.39 is 0 Å². The molecule has 0 saturated carbocycles. The first-order chi connectivity index (χ1) is 9.19. The first-order valence-electron chi connectivity index (χ1n) is 6.49. The molecule has 0 spiro atoms. The minimum Gasteiger partial charge on any atom is -0.465 e. The van der Waals surface area contributed by atoms with Gasteiger partial charge in [0.25, 0.3) is 0 Å². The summed E-state index contributed by atoms with van der Waals surface area (Å²) in [5.41, 5.74) is 0. The van der Waals surface area contributed by atoms with Crippen LogP contribution in [0.25, 0.3) is 0 Å². The topological polar surface area (TPSA) is 81.9 Å². The highest BCUT2D eigenvalue weighted by Gasteiger charge is 2.19. The van der Waals surface area contributed by atoms with Gasteiger partial charge in [0.05, 0.1) is 13.2 Å². The van der Waals surface area contributed by atoms with Crippen LogP contribution < -0.4 is 5.32 Å². The summed E-state index contributed by atoms with van der Waals surface area (Å²) in [5, 5.41) is 15.1. The van der Waals surface area contributed by atoms with Gasteiger partial charge in [0.1, 0.15) is 5.25 Å². The molecule has 0 fully saturated rings. The SMILES string of the molecule is CCCNCCn1nnnc1SC(C)C(=O)OCC. The van der Waals surface area contributed by atoms with Crippen LogP contribution in [-0.4, -0.2) is 51.1 Å². The van der Waals surface area contributed by atoms with Gasteiger partial charge in [0.15, 0.2) is 0 Å². The van der Waals surface area contributed by atoms with Gasteiger partial charge >= 0.3 is 5.97 Å². The molecule has 0 radical (unpaired) electrons. The van der Waals surface area contributed by atoms with Gasteiger partial charge < -0.3 is 10.1 Å². The van der Waals surface area contributed by atoms with Crippen LogP contribution in [0, 0.1) is 0 Å². The Morgan fingerprint density at radius 1 is 1.47 bits per heavy atom. The summed E-state index contributed by atoms with van der Waals surface area (Å²) in [4.78, 5) is 11.5. The summed E-state index contributed by atoms with van der Waals surface area (Å²) in [6.07, 6.45) is 1.09. The molecule has 0 saturated heterocycles. The zero-order chi connectivity index (χ0) is 14.1. The molecular weight excluding hydrogens is 266 g/mol. The minimum absolute atomic E-state index is 0.244. The summed E-state index contributed by atoms with van der Waals surface area (Å²) >= 11 is 1.31. The summed E-state index contributed by atoms with van der Waals surface area (Å²) in [6, 6.07) is 0. The standard InChI is InChI=1S/C11H21N5O2S/c1-4-6-12-7-8-16-11(13-14-15-16)19-9(3)10(17)18-5-2/h9,12H,4-8H2,1-3H3. The number of thioether (sulfide) groups is 1. The number of rotatable bonds is 9. The van der Waals surface area contributed by atoms with Gasteiger partial charge in [-0.3, -0.25) is 4.79 Å². The van der Waals surface area contributed by atoms with E-state index in [2.05, 4.69) is 27.8 Å². The molecule has 0 bridgehead atoms. The highest BCUT2D eigenvalue weighted by Crippen LogP contribution is 2.20. The van der Waals surface area contributed by atoms with Crippen LogP contribution in [0.3, 0.4) is 0 Å². The van der Waals surface area contributed by atoms with Crippen LogP contribution in [-0.2, 0) is 16.1 Å². The molecule has 0 aromatic carbocycles. The number of nitrogens with zero attached hydrogens (tertiary/aromatic N) is 4. The second-order valence-corrected chi connectivity index (χ2v) is 5.25. The molecule has 1 rings (SSSR count). The van der Waals surface area contributed by atoms with Crippen molar-refractivity contribution >= 4 is 17.7 Å². The second kappa shape index (κ2) is 8.87. The van der Waals surface area contributed by atoms with Crippen molar-refractivity contribution < 1.29 is 9.53 Å². The summed E-state index contributed by atoms with van der Waals surface area (Å²) in [5.74, 6) is -0.244. The Morgan fingerprint density at radius 2 is 2.26 bits per heavy atom. The molecule has 19 heavy (non-hydrogen) atoms. The van der Waals surface area contributed by atoms with Gasteiger partial charge in [-0.15, -0.1) is 5.10 Å². The molecule has 1 unspecified atom stereocenters. The maximum Gasteiger partial charge on any atom is 0.319 e. The lowest BCUT2D eigenvalue weighted by molar-refractivity contribution is -0.142. The maximum atomic E-state index is 11.5. The fourth-order valence-electron chi connectivity index (χ4n) is 1.37. The zero-order valence-corrected chi connectivity index (χ0v) is 12.4. The van der Waals surface area contributed by atoms with Crippen molar-refractivity contribution in [1.29, 1.82) is 0 Å². The van der Waals surface area contributed by atoms with E-state index in [4.69, 9.17) is 4.74 Å². The first-order valence-corrected chi connectivity index (χ1v) is 7.37. The fourth-order valence-corrected chi connectivity index (χ4v) is 2.19. The Bertz CT molecular complexity index is 385. The Kier molecular flexibility index (Phi) is 7.42. The molecule has 0 aliphatic carbocycles. The number of esters is 1. The van der Waals surface area contributed by atoms with Crippen LogP contribution in [0.4, 0.5) is 0 Å². The molecule has 0 amide bonds. The molecule has 1 atom stereocenters. The number of nitrogens with one attached hydrogen (secondary N) is 1. The van der Waals surface area contributed by atoms with Crippen molar-refractivity contribution in [2.45, 2.75) is 44.1 Å². The molecule has 8 heteroatoms. The third-order valence-electron chi connectivity index (χ3n) is 2.33. The maximum absolute atomic E-state index is 11.5. The molecular formula is C11H21N5O2S. The average molecular weight is 287 g/mol. The summed E-state index contributed by atoms with van der Waals surface area (Å²) in [7, 11) is 0. The number of aromatic nitrogens is 4. The smallest absolute Gasteiger partial charge is 0.319 e. The number of hydrogen-bond acceptors (Lipinski definition) is 7. The van der Waals surface area contributed by atoms with Crippen LogP contribution >= 0.6 is 11.8 Å². The van der Waals surface area contributed by atoms with Crippen LogP contribution in [0.2, 0.25) is 0 Å². The molecule has 1 N–H and O–H groups in total. The Balaban J connectivity index is 2.45. The molecule has 7 nitrogen and oxygen atoms in total. The van der Waals surface area contributed by atoms with E-state index in [9.17, 15) is 4.79 Å². The number of hydrogen-bond donors (Lipinski definition) is 1. The average Bonchev–Trinajstić information content (AvgIpc) is 2.82. The summed E-state index contributed by atoms with van der Waals surface area (Å²) < 4.78 is 6.65. The van der Waals surface area contributed by atoms with Crippen molar-refractivity contribution in [2.24, 2.45) is 0 Å². The highest BCUT2D eigenvalue weighted by molar-refractivity contribution is 8.00. The quantitative estimate of drug-likeness (QED) is 0.407. The van der Waals surface area contributed by atoms with E-state index in [1.807, 2.05) is 0 Å². The van der Waals surface area contributed by atoms with Gasteiger partial charge in [0.2, 0.25) is 5.16 Å². The van der Waals surface area contributed by atoms with Crippen molar-refractivity contribution in [2.75, 3.05) is 19.7 Å². The lowest BCUT2D eigenvalue weighted by Crippen LogP contribution is -2.22. The number of carbonyl (C=O) groups excluding carboxylic acids is 1. The van der Waals surface area contributed by atoms with Crippen LogP contribution in [0.5, 0.6) is 0 Å². The van der Waals surface area contributed by atoms with Gasteiger partial charge in [-0.25, -0.2) is 4.68 Å². The van der Waals surface area contributed by atoms with E-state index in [1.54, 1.807) is 18.5 Å². The van der Waals surface area contributed by atoms with Crippen molar-refractivity contribution in [3.8, 4) is 0 Å². The van der Waals surface area contributed by atoms with Crippen LogP contribution in [0.15, 0.2) is 5.16 Å². The number of tetrazole rings is 1. The van der Waals surface area contributed by atoms with E-state index >= 15 is 0 Å². The number of ether oxygens (including phenoxy) is 1. The van der Waals surface area contributed by atoms with E-state index in [-0.39, 0.29) is 11.2 Å². The summed E-state index contributed by atoms with van der Waals surface area (Å²) in [6.45, 7) is 8.55. The Hall–Kier alpha value is -1.15. The molecule has 1 heterocycles. The molecule has 108 valence electrons. The largest absolute Gasteiger partial charge is 0.465 e. The third kappa shape index (κ3) is 5.56. The predicted octanol–water partition coefficient (Wildman–Crippen LogP) is 0.716.